The molecule has 6 heteroatoms. The molecule has 0 fully saturated rings. The lowest BCUT2D eigenvalue weighted by Crippen LogP contribution is -2.41. The highest BCUT2D eigenvalue weighted by Gasteiger charge is 2.50. The van der Waals surface area contributed by atoms with Gasteiger partial charge in [0.15, 0.2) is 0 Å². The van der Waals surface area contributed by atoms with Crippen molar-refractivity contribution in [1.82, 2.24) is 10.2 Å². The molecule has 1 atom stereocenters. The number of nitrogens with one attached hydrogen (secondary N) is 1. The average molecular weight is 362 g/mol. The van der Waals surface area contributed by atoms with Crippen molar-refractivity contribution in [3.63, 3.8) is 0 Å². The van der Waals surface area contributed by atoms with Crippen molar-refractivity contribution in [1.29, 1.82) is 5.26 Å². The third kappa shape index (κ3) is 2.66. The van der Waals surface area contributed by atoms with Gasteiger partial charge in [-0.25, -0.2) is 0 Å². The van der Waals surface area contributed by atoms with Crippen molar-refractivity contribution < 1.29 is 9.84 Å². The number of aromatic amines is 1. The number of hydrogen-bond acceptors (Lipinski definition) is 5. The number of fused-ring (bicyclic) bond motifs is 1. The Morgan fingerprint density at radius 3 is 2.70 bits per heavy atom. The summed E-state index contributed by atoms with van der Waals surface area (Å²) in [5.41, 5.74) is 9.51. The molecule has 0 radical (unpaired) electrons. The molecule has 2 heterocycles. The van der Waals surface area contributed by atoms with Crippen LogP contribution in [0, 0.1) is 36.0 Å². The van der Waals surface area contributed by atoms with Crippen LogP contribution in [-0.2, 0) is 12.0 Å². The Morgan fingerprint density at radius 2 is 2.11 bits per heavy atom. The maximum atomic E-state index is 9.98. The standard InChI is InChI=1S/C21H22N4O2/c1-5-6-14-7-15(11-26)9-16(8-14)21(12(2)3)17(10-22)19(23)27-20-18(21)13(4)24-25-20/h7-9,12,26H,11,23H2,1-4H3,(H,24,25). The maximum Gasteiger partial charge on any atom is 0.244 e. The van der Waals surface area contributed by atoms with Gasteiger partial charge in [0.1, 0.15) is 11.6 Å². The molecular formula is C21H22N4O2. The van der Waals surface area contributed by atoms with Gasteiger partial charge in [0, 0.05) is 11.3 Å². The summed E-state index contributed by atoms with van der Waals surface area (Å²) in [4.78, 5) is 0. The van der Waals surface area contributed by atoms with Gasteiger partial charge >= 0.3 is 0 Å². The lowest BCUT2D eigenvalue weighted by atomic mass is 9.61. The normalized spacial score (nSPS) is 18.4. The number of aromatic nitrogens is 2. The van der Waals surface area contributed by atoms with E-state index < -0.39 is 5.41 Å². The van der Waals surface area contributed by atoms with Gasteiger partial charge < -0.3 is 15.6 Å². The SMILES string of the molecule is CC#Cc1cc(CO)cc(C2(C(C)C)C(C#N)=C(N)Oc3n[nH]c(C)c32)c1. The lowest BCUT2D eigenvalue weighted by Gasteiger charge is -2.41. The number of ether oxygens (including phenoxy) is 1. The van der Waals surface area contributed by atoms with Crippen LogP contribution >= 0.6 is 0 Å². The van der Waals surface area contributed by atoms with Gasteiger partial charge in [-0.15, -0.1) is 11.0 Å². The first-order chi connectivity index (χ1) is 12.9. The molecule has 0 aliphatic carbocycles. The van der Waals surface area contributed by atoms with Gasteiger partial charge in [-0.1, -0.05) is 25.8 Å². The lowest BCUT2D eigenvalue weighted by molar-refractivity contribution is 0.281. The molecule has 2 aromatic rings. The predicted octanol–water partition coefficient (Wildman–Crippen LogP) is 2.61. The van der Waals surface area contributed by atoms with Gasteiger partial charge in [-0.2, -0.15) is 5.26 Å². The Labute approximate surface area is 158 Å². The summed E-state index contributed by atoms with van der Waals surface area (Å²) in [7, 11) is 0. The average Bonchev–Trinajstić information content (AvgIpc) is 3.00. The summed E-state index contributed by atoms with van der Waals surface area (Å²) < 4.78 is 5.63. The fourth-order valence-electron chi connectivity index (χ4n) is 3.99. The minimum absolute atomic E-state index is 0.0407. The first-order valence-electron chi connectivity index (χ1n) is 8.71. The molecule has 3 rings (SSSR count). The van der Waals surface area contributed by atoms with Crippen LogP contribution in [0.15, 0.2) is 29.7 Å². The topological polar surface area (TPSA) is 108 Å². The van der Waals surface area contributed by atoms with E-state index in [4.69, 9.17) is 10.5 Å². The van der Waals surface area contributed by atoms with Crippen LogP contribution in [0.5, 0.6) is 5.88 Å². The highest BCUT2D eigenvalue weighted by atomic mass is 16.5. The van der Waals surface area contributed by atoms with Crippen LogP contribution in [0.25, 0.3) is 0 Å². The van der Waals surface area contributed by atoms with Crippen molar-refractivity contribution in [2.45, 2.75) is 39.7 Å². The molecule has 0 bridgehead atoms. The largest absolute Gasteiger partial charge is 0.420 e. The highest BCUT2D eigenvalue weighted by molar-refractivity contribution is 5.63. The van der Waals surface area contributed by atoms with Crippen LogP contribution in [0.4, 0.5) is 0 Å². The van der Waals surface area contributed by atoms with E-state index in [0.717, 1.165) is 27.9 Å². The van der Waals surface area contributed by atoms with Crippen molar-refractivity contribution >= 4 is 0 Å². The van der Waals surface area contributed by atoms with E-state index in [1.54, 1.807) is 6.92 Å². The molecule has 4 N–H and O–H groups in total. The highest BCUT2D eigenvalue weighted by Crippen LogP contribution is 2.52. The Hall–Kier alpha value is -3.22. The van der Waals surface area contributed by atoms with Gasteiger partial charge in [0.2, 0.25) is 11.8 Å². The summed E-state index contributed by atoms with van der Waals surface area (Å²) >= 11 is 0. The third-order valence-corrected chi connectivity index (χ3v) is 5.03. The molecule has 1 unspecified atom stereocenters. The second-order valence-electron chi connectivity index (χ2n) is 6.90. The number of hydrogen-bond donors (Lipinski definition) is 3. The molecule has 1 aromatic carbocycles. The van der Waals surface area contributed by atoms with E-state index in [0.29, 0.717) is 11.5 Å². The number of aliphatic hydroxyl groups excluding tert-OH is 1. The zero-order valence-corrected chi connectivity index (χ0v) is 15.8. The van der Waals surface area contributed by atoms with E-state index in [1.165, 1.54) is 0 Å². The maximum absolute atomic E-state index is 9.98. The Bertz CT molecular complexity index is 1030. The van der Waals surface area contributed by atoms with Crippen LogP contribution in [0.1, 0.15) is 48.7 Å². The molecule has 27 heavy (non-hydrogen) atoms. The summed E-state index contributed by atoms with van der Waals surface area (Å²) in [5.74, 6) is 6.31. The number of aliphatic hydroxyl groups is 1. The van der Waals surface area contributed by atoms with Crippen molar-refractivity contribution in [3.05, 3.63) is 57.6 Å². The molecule has 6 nitrogen and oxygen atoms in total. The minimum atomic E-state index is -0.862. The van der Waals surface area contributed by atoms with Gasteiger partial charge in [0.25, 0.3) is 0 Å². The van der Waals surface area contributed by atoms with Crippen LogP contribution < -0.4 is 10.5 Å². The molecule has 1 aliphatic heterocycles. The quantitative estimate of drug-likeness (QED) is 0.728. The Morgan fingerprint density at radius 1 is 1.37 bits per heavy atom. The monoisotopic (exact) mass is 362 g/mol. The van der Waals surface area contributed by atoms with Crippen LogP contribution in [0.3, 0.4) is 0 Å². The number of nitrogens with two attached hydrogens (primary N) is 1. The first kappa shape index (κ1) is 18.6. The number of rotatable bonds is 3. The molecular weight excluding hydrogens is 340 g/mol. The number of H-pyrrole nitrogens is 1. The summed E-state index contributed by atoms with van der Waals surface area (Å²) in [6.07, 6.45) is 0. The van der Waals surface area contributed by atoms with Crippen LogP contribution in [-0.4, -0.2) is 15.3 Å². The number of allylic oxidation sites excluding steroid dienone is 1. The summed E-state index contributed by atoms with van der Waals surface area (Å²) in [5, 5.41) is 26.9. The smallest absolute Gasteiger partial charge is 0.244 e. The first-order valence-corrected chi connectivity index (χ1v) is 8.71. The van der Waals surface area contributed by atoms with Gasteiger partial charge in [0.05, 0.1) is 17.6 Å². The second kappa shape index (κ2) is 6.83. The van der Waals surface area contributed by atoms with Gasteiger partial charge in [-0.3, -0.25) is 5.10 Å². The Balaban J connectivity index is 2.47. The summed E-state index contributed by atoms with van der Waals surface area (Å²) in [6.45, 7) is 7.58. The van der Waals surface area contributed by atoms with E-state index in [-0.39, 0.29) is 18.4 Å². The number of nitriles is 1. The van der Waals surface area contributed by atoms with E-state index in [2.05, 4.69) is 28.1 Å². The molecule has 0 saturated heterocycles. The van der Waals surface area contributed by atoms with E-state index in [1.807, 2.05) is 39.0 Å². The number of benzene rings is 1. The number of nitrogens with zero attached hydrogens (tertiary/aromatic N) is 2. The zero-order chi connectivity index (χ0) is 19.8. The molecule has 0 spiro atoms. The molecule has 0 amide bonds. The van der Waals surface area contributed by atoms with E-state index >= 15 is 0 Å². The predicted molar refractivity (Wildman–Crippen MR) is 101 cm³/mol. The molecule has 138 valence electrons. The zero-order valence-electron chi connectivity index (χ0n) is 15.8. The fourth-order valence-corrected chi connectivity index (χ4v) is 3.99. The third-order valence-electron chi connectivity index (χ3n) is 5.03. The van der Waals surface area contributed by atoms with Crippen molar-refractivity contribution in [3.8, 4) is 23.8 Å². The molecule has 1 aliphatic rings. The second-order valence-corrected chi connectivity index (χ2v) is 6.90. The number of aryl methyl sites for hydroxylation is 1. The molecule has 1 aromatic heterocycles. The van der Waals surface area contributed by atoms with Crippen molar-refractivity contribution in [2.75, 3.05) is 0 Å². The summed E-state index contributed by atoms with van der Waals surface area (Å²) in [6, 6.07) is 7.95. The minimum Gasteiger partial charge on any atom is -0.420 e. The van der Waals surface area contributed by atoms with Crippen molar-refractivity contribution in [2.24, 2.45) is 11.7 Å². The Kier molecular flexibility index (Phi) is 4.70. The van der Waals surface area contributed by atoms with Gasteiger partial charge in [-0.05, 0) is 43.0 Å². The fraction of sp³-hybridized carbons (Fsp3) is 0.333. The van der Waals surface area contributed by atoms with Crippen LogP contribution in [0.2, 0.25) is 0 Å². The molecule has 0 saturated carbocycles. The van der Waals surface area contributed by atoms with E-state index in [9.17, 15) is 10.4 Å².